The van der Waals surface area contributed by atoms with Crippen LogP contribution in [0.25, 0.3) is 0 Å². The maximum Gasteiger partial charge on any atom is 0.150 e. The third-order valence-electron chi connectivity index (χ3n) is 3.82. The number of hydrogen-bond donors (Lipinski definition) is 1. The van der Waals surface area contributed by atoms with Crippen molar-refractivity contribution in [2.45, 2.75) is 44.0 Å². The van der Waals surface area contributed by atoms with Gasteiger partial charge in [-0.2, -0.15) is 0 Å². The van der Waals surface area contributed by atoms with Crippen molar-refractivity contribution >= 4 is 9.84 Å². The fourth-order valence-electron chi connectivity index (χ4n) is 2.74. The molecule has 0 bridgehead atoms. The number of rotatable bonds is 3. The number of aryl methyl sites for hydroxylation is 1. The van der Waals surface area contributed by atoms with Crippen molar-refractivity contribution < 1.29 is 13.5 Å². The summed E-state index contributed by atoms with van der Waals surface area (Å²) in [5, 5.41) is 10.0. The fourth-order valence-corrected chi connectivity index (χ4v) is 3.93. The van der Waals surface area contributed by atoms with Crippen LogP contribution in [0.5, 0.6) is 0 Å². The minimum Gasteiger partial charge on any atom is -0.387 e. The zero-order valence-corrected chi connectivity index (χ0v) is 12.1. The Kier molecular flexibility index (Phi) is 4.20. The Morgan fingerprint density at radius 1 is 1.42 bits per heavy atom. The molecule has 0 spiro atoms. The Hall–Kier alpha value is -1.01. The Morgan fingerprint density at radius 3 is 2.79 bits per heavy atom. The topological polar surface area (TPSA) is 80.2 Å². The molecule has 1 N–H and O–H groups in total. The van der Waals surface area contributed by atoms with Gasteiger partial charge in [-0.15, -0.1) is 0 Å². The summed E-state index contributed by atoms with van der Waals surface area (Å²) in [7, 11) is -3.03. The third-order valence-corrected chi connectivity index (χ3v) is 5.46. The molecule has 1 aromatic heterocycles. The Morgan fingerprint density at radius 2 is 2.16 bits per heavy atom. The van der Waals surface area contributed by atoms with Crippen LogP contribution in [0.15, 0.2) is 12.3 Å². The van der Waals surface area contributed by atoms with Crippen molar-refractivity contribution in [3.63, 3.8) is 0 Å². The van der Waals surface area contributed by atoms with E-state index in [2.05, 4.69) is 9.97 Å². The predicted molar refractivity (Wildman–Crippen MR) is 72.3 cm³/mol. The van der Waals surface area contributed by atoms with Crippen molar-refractivity contribution in [3.8, 4) is 0 Å². The summed E-state index contributed by atoms with van der Waals surface area (Å²) in [6.07, 6.45) is 5.10. The molecule has 1 aromatic rings. The van der Waals surface area contributed by atoms with Gasteiger partial charge in [-0.3, -0.25) is 0 Å². The summed E-state index contributed by atoms with van der Waals surface area (Å²) < 4.78 is 23.3. The first-order chi connectivity index (χ1) is 8.88. The van der Waals surface area contributed by atoms with E-state index in [4.69, 9.17) is 0 Å². The molecule has 106 valence electrons. The Labute approximate surface area is 114 Å². The molecule has 0 aromatic carbocycles. The number of sulfone groups is 1. The molecule has 1 fully saturated rings. The maximum atomic E-state index is 11.6. The summed E-state index contributed by atoms with van der Waals surface area (Å²) in [5.41, 5.74) is 0.589. The fraction of sp³-hybridized carbons (Fsp3) is 0.692. The number of aliphatic hydroxyl groups excluding tert-OH is 1. The summed E-state index contributed by atoms with van der Waals surface area (Å²) in [6, 6.07) is 1.70. The molecule has 19 heavy (non-hydrogen) atoms. The van der Waals surface area contributed by atoms with Gasteiger partial charge in [0.1, 0.15) is 15.7 Å². The lowest BCUT2D eigenvalue weighted by Crippen LogP contribution is -2.30. The summed E-state index contributed by atoms with van der Waals surface area (Å²) >= 11 is 0. The van der Waals surface area contributed by atoms with E-state index in [0.29, 0.717) is 24.4 Å². The molecule has 0 aliphatic heterocycles. The molecule has 1 aliphatic rings. The van der Waals surface area contributed by atoms with E-state index in [0.717, 1.165) is 12.8 Å². The number of hydrogen-bond acceptors (Lipinski definition) is 5. The van der Waals surface area contributed by atoms with E-state index in [9.17, 15) is 13.5 Å². The van der Waals surface area contributed by atoms with Gasteiger partial charge in [0.25, 0.3) is 0 Å². The van der Waals surface area contributed by atoms with Gasteiger partial charge in [-0.05, 0) is 38.2 Å². The van der Waals surface area contributed by atoms with Crippen LogP contribution in [0.1, 0.15) is 43.3 Å². The summed E-state index contributed by atoms with van der Waals surface area (Å²) in [6.45, 7) is 1.77. The Bertz CT molecular complexity index is 545. The first-order valence-electron chi connectivity index (χ1n) is 6.54. The summed E-state index contributed by atoms with van der Waals surface area (Å²) in [4.78, 5) is 8.23. The van der Waals surface area contributed by atoms with Crippen LogP contribution in [0.4, 0.5) is 0 Å². The highest BCUT2D eigenvalue weighted by atomic mass is 32.2. The predicted octanol–water partition coefficient (Wildman–Crippen LogP) is 1.42. The molecule has 2 rings (SSSR count). The van der Waals surface area contributed by atoms with E-state index in [-0.39, 0.29) is 11.2 Å². The molecule has 0 amide bonds. The second kappa shape index (κ2) is 5.54. The van der Waals surface area contributed by atoms with Gasteiger partial charge in [-0.1, -0.05) is 6.42 Å². The van der Waals surface area contributed by atoms with E-state index >= 15 is 0 Å². The zero-order chi connectivity index (χ0) is 14.0. The molecular formula is C13H20N2O3S. The molecule has 0 radical (unpaired) electrons. The first kappa shape index (κ1) is 14.4. The normalized spacial score (nSPS) is 26.1. The Balaban J connectivity index is 2.13. The second-order valence-electron chi connectivity index (χ2n) is 5.35. The van der Waals surface area contributed by atoms with E-state index in [1.54, 1.807) is 19.2 Å². The molecule has 1 heterocycles. The van der Waals surface area contributed by atoms with Crippen molar-refractivity contribution in [2.75, 3.05) is 6.26 Å². The average molecular weight is 284 g/mol. The molecule has 6 heteroatoms. The zero-order valence-electron chi connectivity index (χ0n) is 11.3. The van der Waals surface area contributed by atoms with Gasteiger partial charge in [0.05, 0.1) is 17.0 Å². The van der Waals surface area contributed by atoms with E-state index < -0.39 is 15.9 Å². The van der Waals surface area contributed by atoms with Gasteiger partial charge in [0.15, 0.2) is 0 Å². The standard InChI is InChI=1S/C13H20N2O3S/c1-9-14-7-6-12(15-9)13(16)10-4-3-5-11(8-10)19(2,17)18/h6-7,10-11,13,16H,3-5,8H2,1-2H3. The van der Waals surface area contributed by atoms with Crippen molar-refractivity contribution in [2.24, 2.45) is 5.92 Å². The first-order valence-corrected chi connectivity index (χ1v) is 8.50. The van der Waals surface area contributed by atoms with Crippen LogP contribution in [0, 0.1) is 12.8 Å². The minimum atomic E-state index is -3.03. The smallest absolute Gasteiger partial charge is 0.150 e. The average Bonchev–Trinajstić information content (AvgIpc) is 2.37. The van der Waals surface area contributed by atoms with Crippen molar-refractivity contribution in [3.05, 3.63) is 23.8 Å². The lowest BCUT2D eigenvalue weighted by atomic mass is 9.84. The maximum absolute atomic E-state index is 11.6. The van der Waals surface area contributed by atoms with Crippen molar-refractivity contribution in [1.29, 1.82) is 0 Å². The highest BCUT2D eigenvalue weighted by Crippen LogP contribution is 2.36. The van der Waals surface area contributed by atoms with E-state index in [1.807, 2.05) is 0 Å². The molecule has 3 unspecified atom stereocenters. The molecule has 1 saturated carbocycles. The van der Waals surface area contributed by atoms with Gasteiger partial charge < -0.3 is 5.11 Å². The van der Waals surface area contributed by atoms with Crippen LogP contribution in [-0.4, -0.2) is 35.0 Å². The van der Waals surface area contributed by atoms with Gasteiger partial charge in [0, 0.05) is 12.5 Å². The molecule has 3 atom stereocenters. The number of aromatic nitrogens is 2. The lowest BCUT2D eigenvalue weighted by Gasteiger charge is -2.31. The molecule has 1 aliphatic carbocycles. The quantitative estimate of drug-likeness (QED) is 0.908. The largest absolute Gasteiger partial charge is 0.387 e. The van der Waals surface area contributed by atoms with Gasteiger partial charge in [-0.25, -0.2) is 18.4 Å². The van der Waals surface area contributed by atoms with Crippen LogP contribution in [0.3, 0.4) is 0 Å². The highest BCUT2D eigenvalue weighted by molar-refractivity contribution is 7.91. The minimum absolute atomic E-state index is 0.0391. The van der Waals surface area contributed by atoms with Crippen LogP contribution < -0.4 is 0 Å². The SMILES string of the molecule is Cc1nccc(C(O)C2CCCC(S(C)(=O)=O)C2)n1. The van der Waals surface area contributed by atoms with Crippen LogP contribution >= 0.6 is 0 Å². The van der Waals surface area contributed by atoms with E-state index in [1.165, 1.54) is 6.26 Å². The highest BCUT2D eigenvalue weighted by Gasteiger charge is 2.33. The van der Waals surface area contributed by atoms with Crippen LogP contribution in [0.2, 0.25) is 0 Å². The monoisotopic (exact) mass is 284 g/mol. The van der Waals surface area contributed by atoms with Crippen LogP contribution in [-0.2, 0) is 9.84 Å². The van der Waals surface area contributed by atoms with Gasteiger partial charge >= 0.3 is 0 Å². The molecular weight excluding hydrogens is 264 g/mol. The molecule has 0 saturated heterocycles. The number of nitrogens with zero attached hydrogens (tertiary/aromatic N) is 2. The number of aliphatic hydroxyl groups is 1. The lowest BCUT2D eigenvalue weighted by molar-refractivity contribution is 0.0817. The van der Waals surface area contributed by atoms with Gasteiger partial charge in [0.2, 0.25) is 0 Å². The third kappa shape index (κ3) is 3.51. The molecule has 5 nitrogen and oxygen atoms in total. The summed E-state index contributed by atoms with van der Waals surface area (Å²) in [5.74, 6) is 0.579. The van der Waals surface area contributed by atoms with Crippen molar-refractivity contribution in [1.82, 2.24) is 9.97 Å². The second-order valence-corrected chi connectivity index (χ2v) is 7.68.